The highest BCUT2D eigenvalue weighted by Crippen LogP contribution is 2.21. The Kier molecular flexibility index (Phi) is 5.48. The van der Waals surface area contributed by atoms with Crippen LogP contribution in [0.4, 0.5) is 11.4 Å². The minimum atomic E-state index is -1.42. The van der Waals surface area contributed by atoms with E-state index in [0.717, 1.165) is 11.7 Å². The molecule has 0 aliphatic carbocycles. The molecule has 1 N–H and O–H groups in total. The van der Waals surface area contributed by atoms with Crippen LogP contribution < -0.4 is 5.43 Å². The highest BCUT2D eigenvalue weighted by atomic mass is 16.6. The first-order chi connectivity index (χ1) is 10.7. The molecule has 1 heterocycles. The molecule has 0 saturated heterocycles. The molecule has 1 rings (SSSR count). The first-order valence-electron chi connectivity index (χ1n) is 6.03. The molecular formula is C11H11N3O9. The van der Waals surface area contributed by atoms with E-state index in [1.807, 2.05) is 0 Å². The van der Waals surface area contributed by atoms with Crippen molar-refractivity contribution in [3.63, 3.8) is 0 Å². The van der Waals surface area contributed by atoms with Gasteiger partial charge in [-0.05, 0) is 6.42 Å². The summed E-state index contributed by atoms with van der Waals surface area (Å²) in [6.45, 7) is 0. The number of carboxylic acid groups (broad SMARTS) is 1. The van der Waals surface area contributed by atoms with Crippen LogP contribution in [-0.2, 0) is 14.3 Å². The zero-order chi connectivity index (χ0) is 17.7. The van der Waals surface area contributed by atoms with Gasteiger partial charge < -0.3 is 14.4 Å². The Hall–Kier alpha value is -3.31. The van der Waals surface area contributed by atoms with E-state index in [9.17, 15) is 34.6 Å². The van der Waals surface area contributed by atoms with Crippen molar-refractivity contribution in [3.8, 4) is 0 Å². The topological polar surface area (TPSA) is 172 Å². The number of nitro groups is 2. The lowest BCUT2D eigenvalue weighted by Gasteiger charge is -2.16. The highest BCUT2D eigenvalue weighted by molar-refractivity contribution is 5.75. The maximum Gasteiger partial charge on any atom is 0.339 e. The van der Waals surface area contributed by atoms with E-state index in [-0.39, 0.29) is 6.42 Å². The number of hydrogen-bond acceptors (Lipinski definition) is 8. The fourth-order valence-electron chi connectivity index (χ4n) is 1.79. The van der Waals surface area contributed by atoms with Crippen LogP contribution in [0.2, 0.25) is 0 Å². The van der Waals surface area contributed by atoms with Crippen molar-refractivity contribution >= 4 is 23.3 Å². The van der Waals surface area contributed by atoms with E-state index in [4.69, 9.17) is 5.11 Å². The molecule has 1 atom stereocenters. The van der Waals surface area contributed by atoms with Gasteiger partial charge in [0.2, 0.25) is 0 Å². The molecule has 0 unspecified atom stereocenters. The smallest absolute Gasteiger partial charge is 0.339 e. The molecule has 23 heavy (non-hydrogen) atoms. The third-order valence-corrected chi connectivity index (χ3v) is 2.87. The van der Waals surface area contributed by atoms with Crippen molar-refractivity contribution in [2.24, 2.45) is 0 Å². The van der Waals surface area contributed by atoms with Crippen molar-refractivity contribution in [2.75, 3.05) is 7.11 Å². The van der Waals surface area contributed by atoms with Crippen LogP contribution in [0.1, 0.15) is 18.9 Å². The fraction of sp³-hybridized carbons (Fsp3) is 0.364. The van der Waals surface area contributed by atoms with Crippen LogP contribution in [0.5, 0.6) is 0 Å². The predicted octanol–water partition coefficient (Wildman–Crippen LogP) is 0.244. The summed E-state index contributed by atoms with van der Waals surface area (Å²) in [5, 5.41) is 30.3. The number of esters is 1. The Labute approximate surface area is 127 Å². The second-order valence-electron chi connectivity index (χ2n) is 4.29. The molecule has 0 aromatic carbocycles. The summed E-state index contributed by atoms with van der Waals surface area (Å²) in [7, 11) is 1.00. The average Bonchev–Trinajstić information content (AvgIpc) is 2.47. The predicted molar refractivity (Wildman–Crippen MR) is 71.9 cm³/mol. The van der Waals surface area contributed by atoms with Gasteiger partial charge in [-0.1, -0.05) is 0 Å². The van der Waals surface area contributed by atoms with E-state index in [2.05, 4.69) is 4.74 Å². The minimum Gasteiger partial charge on any atom is -0.481 e. The van der Waals surface area contributed by atoms with Crippen LogP contribution in [0.3, 0.4) is 0 Å². The van der Waals surface area contributed by atoms with Gasteiger partial charge in [0.05, 0.1) is 29.4 Å². The number of carbonyl (C=O) groups is 2. The van der Waals surface area contributed by atoms with Crippen LogP contribution in [0.15, 0.2) is 17.2 Å². The molecule has 0 saturated carbocycles. The van der Waals surface area contributed by atoms with E-state index >= 15 is 0 Å². The number of aromatic nitrogens is 1. The van der Waals surface area contributed by atoms with E-state index in [1.165, 1.54) is 0 Å². The van der Waals surface area contributed by atoms with Crippen LogP contribution in [-0.4, -0.2) is 38.6 Å². The summed E-state index contributed by atoms with van der Waals surface area (Å²) >= 11 is 0. The number of ether oxygens (including phenoxy) is 1. The molecule has 1 aromatic heterocycles. The van der Waals surface area contributed by atoms with Gasteiger partial charge in [-0.25, -0.2) is 4.79 Å². The summed E-state index contributed by atoms with van der Waals surface area (Å²) in [6.07, 6.45) is 0.449. The van der Waals surface area contributed by atoms with Crippen molar-refractivity contribution in [3.05, 3.63) is 42.8 Å². The SMILES string of the molecule is COC(=O)[C@@H](CCC(=O)O)n1cc([N+](=O)[O-])c(=O)c([N+](=O)[O-])c1. The molecule has 12 nitrogen and oxygen atoms in total. The van der Waals surface area contributed by atoms with Crippen molar-refractivity contribution < 1.29 is 29.3 Å². The molecular weight excluding hydrogens is 318 g/mol. The van der Waals surface area contributed by atoms with Gasteiger partial charge in [-0.2, -0.15) is 0 Å². The maximum atomic E-state index is 11.7. The first kappa shape index (κ1) is 17.7. The Morgan fingerprint density at radius 2 is 1.74 bits per heavy atom. The largest absolute Gasteiger partial charge is 0.481 e. The maximum absolute atomic E-state index is 11.7. The average molecular weight is 329 g/mol. The quantitative estimate of drug-likeness (QED) is 0.417. The number of pyridine rings is 1. The lowest BCUT2D eigenvalue weighted by Crippen LogP contribution is -2.25. The summed E-state index contributed by atoms with van der Waals surface area (Å²) in [5.41, 5.74) is -3.63. The van der Waals surface area contributed by atoms with Crippen molar-refractivity contribution in [1.82, 2.24) is 4.57 Å². The summed E-state index contributed by atoms with van der Waals surface area (Å²) in [4.78, 5) is 53.4. The molecule has 0 aliphatic heterocycles. The molecule has 0 aliphatic rings. The lowest BCUT2D eigenvalue weighted by atomic mass is 10.1. The normalized spacial score (nSPS) is 11.5. The zero-order valence-corrected chi connectivity index (χ0v) is 11.7. The van der Waals surface area contributed by atoms with Crippen LogP contribution in [0.25, 0.3) is 0 Å². The monoisotopic (exact) mass is 329 g/mol. The molecule has 1 aromatic rings. The number of methoxy groups -OCH3 is 1. The number of rotatable bonds is 7. The van der Waals surface area contributed by atoms with Crippen LogP contribution in [0, 0.1) is 20.2 Å². The molecule has 0 radical (unpaired) electrons. The number of nitrogens with zero attached hydrogens (tertiary/aromatic N) is 3. The number of carboxylic acids is 1. The second-order valence-corrected chi connectivity index (χ2v) is 4.29. The molecule has 0 fully saturated rings. The molecule has 124 valence electrons. The second kappa shape index (κ2) is 7.11. The van der Waals surface area contributed by atoms with Gasteiger partial charge in [0, 0.05) is 6.42 Å². The van der Waals surface area contributed by atoms with E-state index < -0.39 is 51.1 Å². The van der Waals surface area contributed by atoms with Crippen LogP contribution >= 0.6 is 0 Å². The standard InChI is InChI=1S/C11H11N3O9/c1-23-11(18)6(2-3-9(15)16)12-4-7(13(19)20)10(17)8(5-12)14(21)22/h4-6H,2-3H2,1H3,(H,15,16)/t6-/m1/s1. The van der Waals surface area contributed by atoms with Gasteiger partial charge in [0.1, 0.15) is 6.04 Å². The van der Waals surface area contributed by atoms with E-state index in [0.29, 0.717) is 12.4 Å². The number of hydrogen-bond donors (Lipinski definition) is 1. The van der Waals surface area contributed by atoms with Gasteiger partial charge in [-0.15, -0.1) is 0 Å². The Bertz CT molecular complexity index is 686. The Morgan fingerprint density at radius 3 is 2.09 bits per heavy atom. The first-order valence-corrected chi connectivity index (χ1v) is 6.03. The summed E-state index contributed by atoms with van der Waals surface area (Å²) < 4.78 is 5.20. The van der Waals surface area contributed by atoms with Gasteiger partial charge in [0.25, 0.3) is 0 Å². The zero-order valence-electron chi connectivity index (χ0n) is 11.7. The fourth-order valence-corrected chi connectivity index (χ4v) is 1.79. The minimum absolute atomic E-state index is 0.334. The number of aliphatic carboxylic acids is 1. The van der Waals surface area contributed by atoms with Gasteiger partial charge in [0.15, 0.2) is 0 Å². The molecule has 0 amide bonds. The third kappa shape index (κ3) is 4.09. The molecule has 0 spiro atoms. The molecule has 12 heteroatoms. The van der Waals surface area contributed by atoms with E-state index in [1.54, 1.807) is 0 Å². The Balaban J connectivity index is 3.49. The van der Waals surface area contributed by atoms with Crippen molar-refractivity contribution in [2.45, 2.75) is 18.9 Å². The summed E-state index contributed by atoms with van der Waals surface area (Å²) in [6, 6.07) is -1.37. The number of carbonyl (C=O) groups excluding carboxylic acids is 1. The van der Waals surface area contributed by atoms with Gasteiger partial charge >= 0.3 is 28.7 Å². The van der Waals surface area contributed by atoms with Crippen molar-refractivity contribution in [1.29, 1.82) is 0 Å². The molecule has 0 bridgehead atoms. The van der Waals surface area contributed by atoms with Gasteiger partial charge in [-0.3, -0.25) is 29.8 Å². The summed E-state index contributed by atoms with van der Waals surface area (Å²) in [5.74, 6) is -2.21. The lowest BCUT2D eigenvalue weighted by molar-refractivity contribution is -0.397. The Morgan fingerprint density at radius 1 is 1.26 bits per heavy atom. The highest BCUT2D eigenvalue weighted by Gasteiger charge is 2.29. The third-order valence-electron chi connectivity index (χ3n) is 2.87.